The summed E-state index contributed by atoms with van der Waals surface area (Å²) >= 11 is 0. The van der Waals surface area contributed by atoms with Crippen LogP contribution in [0.25, 0.3) is 22.2 Å². The number of ether oxygens (including phenoxy) is 1. The monoisotopic (exact) mass is 376 g/mol. The zero-order valence-electron chi connectivity index (χ0n) is 16.0. The second kappa shape index (κ2) is 7.92. The fraction of sp³-hybridized carbons (Fsp3) is 0.286. The zero-order chi connectivity index (χ0) is 19.5. The van der Waals surface area contributed by atoms with E-state index >= 15 is 0 Å². The van der Waals surface area contributed by atoms with Crippen LogP contribution in [-0.4, -0.2) is 61.5 Å². The molecule has 2 aromatic carbocycles. The molecule has 0 saturated carbocycles. The number of nitrogens with two attached hydrogens (primary N) is 1. The molecule has 7 heteroatoms. The lowest BCUT2D eigenvalue weighted by Gasteiger charge is -2.33. The van der Waals surface area contributed by atoms with E-state index in [1.807, 2.05) is 36.5 Å². The summed E-state index contributed by atoms with van der Waals surface area (Å²) in [4.78, 5) is 18.1. The Kier molecular flexibility index (Phi) is 5.18. The Balaban J connectivity index is 1.68. The van der Waals surface area contributed by atoms with Gasteiger partial charge in [0.15, 0.2) is 0 Å². The molecule has 144 valence electrons. The predicted molar refractivity (Wildman–Crippen MR) is 114 cm³/mol. The van der Waals surface area contributed by atoms with Gasteiger partial charge in [0.1, 0.15) is 24.0 Å². The summed E-state index contributed by atoms with van der Waals surface area (Å²) in [6, 6.07) is 11.9. The molecular weight excluding hydrogens is 352 g/mol. The Labute approximate surface area is 164 Å². The quantitative estimate of drug-likeness (QED) is 0.545. The minimum absolute atomic E-state index is 0.0997. The van der Waals surface area contributed by atoms with Crippen molar-refractivity contribution in [3.05, 3.63) is 42.6 Å². The van der Waals surface area contributed by atoms with E-state index < -0.39 is 0 Å². The number of aliphatic imine (C=N–C) groups is 1. The normalized spacial score (nSPS) is 15.0. The number of benzene rings is 2. The Hall–Kier alpha value is -3.03. The van der Waals surface area contributed by atoms with Crippen molar-refractivity contribution in [1.29, 1.82) is 0 Å². The van der Waals surface area contributed by atoms with Crippen molar-refractivity contribution in [3.8, 4) is 16.9 Å². The van der Waals surface area contributed by atoms with Crippen LogP contribution in [0.2, 0.25) is 0 Å². The second-order valence-electron chi connectivity index (χ2n) is 6.87. The van der Waals surface area contributed by atoms with Crippen LogP contribution in [-0.2, 0) is 0 Å². The topological polar surface area (TPSA) is 79.9 Å². The number of anilines is 1. The molecule has 4 rings (SSSR count). The van der Waals surface area contributed by atoms with E-state index in [9.17, 15) is 0 Å². The highest BCUT2D eigenvalue weighted by Crippen LogP contribution is 2.33. The third-order valence-electron chi connectivity index (χ3n) is 5.06. The fourth-order valence-corrected chi connectivity index (χ4v) is 3.40. The molecule has 0 radical (unpaired) electrons. The first-order valence-corrected chi connectivity index (χ1v) is 9.32. The predicted octanol–water partition coefficient (Wildman–Crippen LogP) is 2.68. The molecule has 1 aliphatic rings. The molecule has 1 aliphatic heterocycles. The molecule has 0 unspecified atom stereocenters. The molecule has 0 amide bonds. The van der Waals surface area contributed by atoms with Crippen molar-refractivity contribution in [3.63, 3.8) is 0 Å². The number of hydrogen-bond donors (Lipinski definition) is 1. The van der Waals surface area contributed by atoms with E-state index in [-0.39, 0.29) is 6.73 Å². The molecule has 0 atom stereocenters. The van der Waals surface area contributed by atoms with Gasteiger partial charge in [0.25, 0.3) is 0 Å². The zero-order valence-corrected chi connectivity index (χ0v) is 16.0. The lowest BCUT2D eigenvalue weighted by molar-refractivity contribution is 0.312. The number of aromatic nitrogens is 2. The maximum absolute atomic E-state index is 5.47. The highest BCUT2D eigenvalue weighted by atomic mass is 16.5. The summed E-state index contributed by atoms with van der Waals surface area (Å²) in [5.74, 6) is 1.55. The molecule has 28 heavy (non-hydrogen) atoms. The minimum atomic E-state index is 0.0997. The van der Waals surface area contributed by atoms with Crippen molar-refractivity contribution < 1.29 is 4.74 Å². The average molecular weight is 376 g/mol. The summed E-state index contributed by atoms with van der Waals surface area (Å²) < 4.78 is 5.39. The number of likely N-dealkylation sites (N-methyl/N-ethyl adjacent to an activating group) is 1. The summed E-state index contributed by atoms with van der Waals surface area (Å²) in [6.45, 7) is 7.73. The van der Waals surface area contributed by atoms with Crippen LogP contribution >= 0.6 is 0 Å². The Morgan fingerprint density at radius 1 is 1.07 bits per heavy atom. The summed E-state index contributed by atoms with van der Waals surface area (Å²) in [6.07, 6.45) is 1.87. The maximum atomic E-state index is 5.47. The van der Waals surface area contributed by atoms with Crippen molar-refractivity contribution in [2.24, 2.45) is 10.7 Å². The Morgan fingerprint density at radius 2 is 1.82 bits per heavy atom. The van der Waals surface area contributed by atoms with Crippen LogP contribution in [0.1, 0.15) is 0 Å². The van der Waals surface area contributed by atoms with Gasteiger partial charge in [0.2, 0.25) is 0 Å². The average Bonchev–Trinajstić information content (AvgIpc) is 2.74. The maximum Gasteiger partial charge on any atom is 0.147 e. The van der Waals surface area contributed by atoms with Crippen LogP contribution in [0.5, 0.6) is 5.75 Å². The van der Waals surface area contributed by atoms with Crippen molar-refractivity contribution in [2.75, 3.05) is 44.9 Å². The van der Waals surface area contributed by atoms with E-state index in [4.69, 9.17) is 15.5 Å². The van der Waals surface area contributed by atoms with Gasteiger partial charge in [-0.1, -0.05) is 12.1 Å². The van der Waals surface area contributed by atoms with Crippen LogP contribution in [0.4, 0.5) is 11.5 Å². The van der Waals surface area contributed by atoms with Crippen molar-refractivity contribution in [2.45, 2.75) is 0 Å². The lowest BCUT2D eigenvalue weighted by atomic mass is 10.0. The first-order chi connectivity index (χ1) is 13.7. The highest BCUT2D eigenvalue weighted by Gasteiger charge is 2.16. The van der Waals surface area contributed by atoms with Gasteiger partial charge in [0, 0.05) is 26.2 Å². The molecule has 7 nitrogen and oxygen atoms in total. The molecule has 2 heterocycles. The highest BCUT2D eigenvalue weighted by molar-refractivity contribution is 5.83. The van der Waals surface area contributed by atoms with Crippen LogP contribution in [0, 0.1) is 0 Å². The van der Waals surface area contributed by atoms with Crippen LogP contribution in [0.3, 0.4) is 0 Å². The fourth-order valence-electron chi connectivity index (χ4n) is 3.40. The third kappa shape index (κ3) is 3.67. The molecule has 1 saturated heterocycles. The van der Waals surface area contributed by atoms with Crippen LogP contribution in [0.15, 0.2) is 47.6 Å². The van der Waals surface area contributed by atoms with Crippen molar-refractivity contribution in [1.82, 2.24) is 14.9 Å². The summed E-state index contributed by atoms with van der Waals surface area (Å²) in [5, 5.41) is 0. The first kappa shape index (κ1) is 18.3. The number of rotatable bonds is 5. The minimum Gasteiger partial charge on any atom is -0.476 e. The summed E-state index contributed by atoms with van der Waals surface area (Å²) in [7, 11) is 2.14. The molecule has 0 aliphatic carbocycles. The second-order valence-corrected chi connectivity index (χ2v) is 6.87. The molecule has 0 spiro atoms. The van der Waals surface area contributed by atoms with E-state index in [0.717, 1.165) is 54.2 Å². The molecule has 3 aromatic rings. The van der Waals surface area contributed by atoms with Gasteiger partial charge in [-0.2, -0.15) is 0 Å². The molecule has 1 aromatic heterocycles. The van der Waals surface area contributed by atoms with Crippen LogP contribution < -0.4 is 15.4 Å². The first-order valence-electron chi connectivity index (χ1n) is 9.32. The number of nitrogens with zero attached hydrogens (tertiary/aromatic N) is 5. The van der Waals surface area contributed by atoms with Gasteiger partial charge in [-0.05, 0) is 49.2 Å². The summed E-state index contributed by atoms with van der Waals surface area (Å²) in [5.41, 5.74) is 9.96. The number of fused-ring (bicyclic) bond motifs is 1. The third-order valence-corrected chi connectivity index (χ3v) is 5.06. The number of hydrogen-bond acceptors (Lipinski definition) is 7. The van der Waals surface area contributed by atoms with E-state index in [1.165, 1.54) is 0 Å². The van der Waals surface area contributed by atoms with Gasteiger partial charge in [-0.3, -0.25) is 15.7 Å². The SMILES string of the molecule is C=Nc1cc(-c2ccc3ncc(N4CCN(C)CC4)nc3c2)ccc1OCN. The standard InChI is InChI=1S/C21H24N6O/c1-23-19-12-16(4-6-20(19)28-14-22)15-3-5-17-18(11-15)25-21(13-24-17)27-9-7-26(2)8-10-27/h3-6,11-13H,1,7-10,14,22H2,2H3. The molecule has 0 bridgehead atoms. The number of piperazine rings is 1. The van der Waals surface area contributed by atoms with Gasteiger partial charge < -0.3 is 14.5 Å². The van der Waals surface area contributed by atoms with E-state index in [1.54, 1.807) is 0 Å². The van der Waals surface area contributed by atoms with E-state index in [0.29, 0.717) is 11.4 Å². The van der Waals surface area contributed by atoms with Gasteiger partial charge >= 0.3 is 0 Å². The lowest BCUT2D eigenvalue weighted by Crippen LogP contribution is -2.44. The molecule has 2 N–H and O–H groups in total. The largest absolute Gasteiger partial charge is 0.476 e. The van der Waals surface area contributed by atoms with Crippen molar-refractivity contribution >= 4 is 29.3 Å². The van der Waals surface area contributed by atoms with Gasteiger partial charge in [-0.15, -0.1) is 0 Å². The Morgan fingerprint density at radius 3 is 2.57 bits per heavy atom. The van der Waals surface area contributed by atoms with Gasteiger partial charge in [-0.25, -0.2) is 4.98 Å². The smallest absolute Gasteiger partial charge is 0.147 e. The van der Waals surface area contributed by atoms with Gasteiger partial charge in [0.05, 0.1) is 17.2 Å². The molecular formula is C21H24N6O. The molecule has 1 fully saturated rings. The Bertz CT molecular complexity index is 997. The van der Waals surface area contributed by atoms with E-state index in [2.05, 4.69) is 39.6 Å².